The molecule has 0 fully saturated rings. The van der Waals surface area contributed by atoms with Crippen molar-refractivity contribution < 1.29 is 9.90 Å². The van der Waals surface area contributed by atoms with Gasteiger partial charge < -0.3 is 10.4 Å². The van der Waals surface area contributed by atoms with Crippen molar-refractivity contribution in [1.29, 1.82) is 0 Å². The number of aryl methyl sites for hydroxylation is 1. The summed E-state index contributed by atoms with van der Waals surface area (Å²) >= 11 is 0. The van der Waals surface area contributed by atoms with Gasteiger partial charge in [0.1, 0.15) is 17.7 Å². The SMILES string of the molecule is CCc1cccc(Nc2ncncc2C(=O)O)c1. The first kappa shape index (κ1) is 12.0. The summed E-state index contributed by atoms with van der Waals surface area (Å²) in [5, 5.41) is 12.0. The fourth-order valence-corrected chi connectivity index (χ4v) is 1.59. The van der Waals surface area contributed by atoms with Crippen molar-refractivity contribution in [2.45, 2.75) is 13.3 Å². The Balaban J connectivity index is 2.31. The van der Waals surface area contributed by atoms with Gasteiger partial charge in [-0.25, -0.2) is 14.8 Å². The Labute approximate surface area is 105 Å². The summed E-state index contributed by atoms with van der Waals surface area (Å²) in [6, 6.07) is 7.77. The third kappa shape index (κ3) is 2.63. The van der Waals surface area contributed by atoms with E-state index in [4.69, 9.17) is 5.11 Å². The van der Waals surface area contributed by atoms with Gasteiger partial charge in [-0.3, -0.25) is 0 Å². The van der Waals surface area contributed by atoms with E-state index in [2.05, 4.69) is 22.2 Å². The van der Waals surface area contributed by atoms with Crippen molar-refractivity contribution in [2.24, 2.45) is 0 Å². The van der Waals surface area contributed by atoms with Crippen LogP contribution in [0, 0.1) is 0 Å². The predicted octanol–water partition coefficient (Wildman–Crippen LogP) is 2.48. The van der Waals surface area contributed by atoms with Gasteiger partial charge in [-0.1, -0.05) is 19.1 Å². The van der Waals surface area contributed by atoms with Gasteiger partial charge in [0.05, 0.1) is 0 Å². The number of rotatable bonds is 4. The van der Waals surface area contributed by atoms with E-state index in [1.165, 1.54) is 18.1 Å². The molecule has 0 saturated carbocycles. The molecular formula is C13H13N3O2. The molecule has 1 aromatic heterocycles. The van der Waals surface area contributed by atoms with E-state index in [1.54, 1.807) is 0 Å². The van der Waals surface area contributed by atoms with Crippen LogP contribution in [-0.2, 0) is 6.42 Å². The molecule has 0 atom stereocenters. The molecule has 2 rings (SSSR count). The summed E-state index contributed by atoms with van der Waals surface area (Å²) in [5.41, 5.74) is 2.04. The number of carboxylic acid groups (broad SMARTS) is 1. The van der Waals surface area contributed by atoms with Crippen molar-refractivity contribution in [3.8, 4) is 0 Å². The van der Waals surface area contributed by atoms with Gasteiger partial charge >= 0.3 is 5.97 Å². The number of nitrogens with one attached hydrogen (secondary N) is 1. The Bertz CT molecular complexity index is 570. The second-order valence-corrected chi connectivity index (χ2v) is 3.77. The molecule has 0 saturated heterocycles. The lowest BCUT2D eigenvalue weighted by Crippen LogP contribution is -2.05. The van der Waals surface area contributed by atoms with Crippen LogP contribution in [0.4, 0.5) is 11.5 Å². The molecule has 5 nitrogen and oxygen atoms in total. The van der Waals surface area contributed by atoms with Gasteiger partial charge in [0.15, 0.2) is 0 Å². The highest BCUT2D eigenvalue weighted by Gasteiger charge is 2.11. The monoisotopic (exact) mass is 243 g/mol. The van der Waals surface area contributed by atoms with E-state index in [0.717, 1.165) is 12.1 Å². The van der Waals surface area contributed by atoms with Gasteiger partial charge in [0.25, 0.3) is 0 Å². The van der Waals surface area contributed by atoms with E-state index in [-0.39, 0.29) is 5.56 Å². The molecule has 0 spiro atoms. The highest BCUT2D eigenvalue weighted by Crippen LogP contribution is 2.18. The lowest BCUT2D eigenvalue weighted by Gasteiger charge is -2.08. The second-order valence-electron chi connectivity index (χ2n) is 3.77. The number of carboxylic acids is 1. The zero-order chi connectivity index (χ0) is 13.0. The largest absolute Gasteiger partial charge is 0.477 e. The topological polar surface area (TPSA) is 75.1 Å². The van der Waals surface area contributed by atoms with Crippen LogP contribution in [-0.4, -0.2) is 21.0 Å². The summed E-state index contributed by atoms with van der Waals surface area (Å²) in [4.78, 5) is 18.7. The Morgan fingerprint density at radius 3 is 3.00 bits per heavy atom. The maximum absolute atomic E-state index is 11.0. The fourth-order valence-electron chi connectivity index (χ4n) is 1.59. The summed E-state index contributed by atoms with van der Waals surface area (Å²) in [6.07, 6.45) is 3.52. The molecule has 2 aromatic rings. The molecule has 0 aliphatic rings. The van der Waals surface area contributed by atoms with Crippen molar-refractivity contribution in [3.05, 3.63) is 47.9 Å². The zero-order valence-corrected chi connectivity index (χ0v) is 9.92. The molecule has 0 aliphatic carbocycles. The average molecular weight is 243 g/mol. The third-order valence-electron chi connectivity index (χ3n) is 2.54. The van der Waals surface area contributed by atoms with E-state index in [9.17, 15) is 4.79 Å². The maximum Gasteiger partial charge on any atom is 0.341 e. The van der Waals surface area contributed by atoms with E-state index < -0.39 is 5.97 Å². The lowest BCUT2D eigenvalue weighted by molar-refractivity contribution is 0.0697. The fraction of sp³-hybridized carbons (Fsp3) is 0.154. The smallest absolute Gasteiger partial charge is 0.341 e. The number of hydrogen-bond acceptors (Lipinski definition) is 4. The Kier molecular flexibility index (Phi) is 3.52. The number of benzene rings is 1. The molecule has 1 heterocycles. The average Bonchev–Trinajstić information content (AvgIpc) is 2.39. The molecule has 2 N–H and O–H groups in total. The second kappa shape index (κ2) is 5.27. The number of hydrogen-bond donors (Lipinski definition) is 2. The molecule has 18 heavy (non-hydrogen) atoms. The first-order valence-corrected chi connectivity index (χ1v) is 5.60. The van der Waals surface area contributed by atoms with Gasteiger partial charge in [-0.05, 0) is 24.1 Å². The lowest BCUT2D eigenvalue weighted by atomic mass is 10.1. The van der Waals surface area contributed by atoms with E-state index in [1.807, 2.05) is 24.3 Å². The number of aromatic carboxylic acids is 1. The van der Waals surface area contributed by atoms with Gasteiger partial charge in [0.2, 0.25) is 0 Å². The summed E-state index contributed by atoms with van der Waals surface area (Å²) in [7, 11) is 0. The molecule has 0 amide bonds. The van der Waals surface area contributed by atoms with Gasteiger partial charge in [-0.2, -0.15) is 0 Å². The van der Waals surface area contributed by atoms with Gasteiger partial charge in [0, 0.05) is 11.9 Å². The van der Waals surface area contributed by atoms with Crippen LogP contribution in [0.3, 0.4) is 0 Å². The molecule has 0 bridgehead atoms. The molecule has 0 unspecified atom stereocenters. The minimum absolute atomic E-state index is 0.0550. The van der Waals surface area contributed by atoms with Crippen LogP contribution in [0.2, 0.25) is 0 Å². The first-order valence-electron chi connectivity index (χ1n) is 5.60. The minimum Gasteiger partial charge on any atom is -0.477 e. The maximum atomic E-state index is 11.0. The predicted molar refractivity (Wildman–Crippen MR) is 68.1 cm³/mol. The molecule has 1 aromatic carbocycles. The van der Waals surface area contributed by atoms with Crippen LogP contribution in [0.5, 0.6) is 0 Å². The Morgan fingerprint density at radius 2 is 2.28 bits per heavy atom. The molecule has 5 heteroatoms. The van der Waals surface area contributed by atoms with Crippen LogP contribution in [0.25, 0.3) is 0 Å². The zero-order valence-electron chi connectivity index (χ0n) is 9.92. The first-order chi connectivity index (χ1) is 8.70. The molecular weight excluding hydrogens is 230 g/mol. The number of aromatic nitrogens is 2. The van der Waals surface area contributed by atoms with E-state index >= 15 is 0 Å². The molecule has 0 aliphatic heterocycles. The number of nitrogens with zero attached hydrogens (tertiary/aromatic N) is 2. The molecule has 0 radical (unpaired) electrons. The Morgan fingerprint density at radius 1 is 1.44 bits per heavy atom. The van der Waals surface area contributed by atoms with Crippen molar-refractivity contribution >= 4 is 17.5 Å². The highest BCUT2D eigenvalue weighted by atomic mass is 16.4. The highest BCUT2D eigenvalue weighted by molar-refractivity contribution is 5.93. The normalized spacial score (nSPS) is 10.1. The summed E-state index contributed by atoms with van der Waals surface area (Å²) in [6.45, 7) is 2.06. The van der Waals surface area contributed by atoms with Crippen molar-refractivity contribution in [2.75, 3.05) is 5.32 Å². The van der Waals surface area contributed by atoms with Crippen molar-refractivity contribution in [3.63, 3.8) is 0 Å². The minimum atomic E-state index is -1.05. The Hall–Kier alpha value is -2.43. The van der Waals surface area contributed by atoms with Crippen LogP contribution >= 0.6 is 0 Å². The molecule has 92 valence electrons. The van der Waals surface area contributed by atoms with Crippen LogP contribution < -0.4 is 5.32 Å². The van der Waals surface area contributed by atoms with Crippen LogP contribution in [0.15, 0.2) is 36.8 Å². The van der Waals surface area contributed by atoms with Gasteiger partial charge in [-0.15, -0.1) is 0 Å². The summed E-state index contributed by atoms with van der Waals surface area (Å²) in [5.74, 6) is -0.754. The van der Waals surface area contributed by atoms with Crippen molar-refractivity contribution in [1.82, 2.24) is 9.97 Å². The quantitative estimate of drug-likeness (QED) is 0.862. The standard InChI is InChI=1S/C13H13N3O2/c1-2-9-4-3-5-10(6-9)16-12-11(13(17)18)7-14-8-15-12/h3-8H,2H2,1H3,(H,17,18)(H,14,15,16). The number of carbonyl (C=O) groups is 1. The van der Waals surface area contributed by atoms with Crippen LogP contribution in [0.1, 0.15) is 22.8 Å². The summed E-state index contributed by atoms with van der Waals surface area (Å²) < 4.78 is 0. The third-order valence-corrected chi connectivity index (χ3v) is 2.54. The number of anilines is 2. The van der Waals surface area contributed by atoms with E-state index in [0.29, 0.717) is 5.82 Å².